The molecule has 0 aliphatic carbocycles. The van der Waals surface area contributed by atoms with Crippen LogP contribution in [0.5, 0.6) is 0 Å². The number of amides is 1. The van der Waals surface area contributed by atoms with Crippen LogP contribution in [0.15, 0.2) is 77.7 Å². The molecule has 0 aliphatic rings. The summed E-state index contributed by atoms with van der Waals surface area (Å²) in [5.74, 6) is 0.346. The number of hydrogen-bond acceptors (Lipinski definition) is 4. The summed E-state index contributed by atoms with van der Waals surface area (Å²) >= 11 is 13.5. The van der Waals surface area contributed by atoms with Crippen LogP contribution < -0.4 is 9.62 Å². The minimum Gasteiger partial charge on any atom is -0.354 e. The summed E-state index contributed by atoms with van der Waals surface area (Å²) in [6.07, 6.45) is 0. The zero-order valence-corrected chi connectivity index (χ0v) is 20.5. The number of nitrogens with zero attached hydrogens (tertiary/aromatic N) is 1. The lowest BCUT2D eigenvalue weighted by molar-refractivity contribution is -0.119. The predicted octanol–water partition coefficient (Wildman–Crippen LogP) is 5.38. The Morgan fingerprint density at radius 3 is 2.33 bits per heavy atom. The van der Waals surface area contributed by atoms with Gasteiger partial charge in [0.2, 0.25) is 5.91 Å². The van der Waals surface area contributed by atoms with E-state index in [-0.39, 0.29) is 10.6 Å². The Morgan fingerprint density at radius 2 is 1.67 bits per heavy atom. The average Bonchev–Trinajstić information content (AvgIpc) is 2.81. The van der Waals surface area contributed by atoms with Gasteiger partial charge in [-0.25, -0.2) is 12.8 Å². The summed E-state index contributed by atoms with van der Waals surface area (Å²) in [5.41, 5.74) is 1.21. The summed E-state index contributed by atoms with van der Waals surface area (Å²) in [7, 11) is -4.02. The van der Waals surface area contributed by atoms with E-state index >= 15 is 0 Å². The van der Waals surface area contributed by atoms with Crippen molar-refractivity contribution in [2.24, 2.45) is 0 Å². The smallest absolute Gasteiger partial charge is 0.264 e. The highest BCUT2D eigenvalue weighted by Crippen LogP contribution is 2.25. The standard InChI is InChI=1S/C23H21Cl2FN2O3S2/c24-21-11-6-17(14-22(21)25)16-32-13-12-27-23(29)15-28(19-9-7-18(26)8-10-19)33(30,31)20-4-2-1-3-5-20/h1-11,14H,12-13,15-16H2,(H,27,29). The van der Waals surface area contributed by atoms with E-state index in [9.17, 15) is 17.6 Å². The van der Waals surface area contributed by atoms with E-state index in [2.05, 4.69) is 5.32 Å². The molecule has 5 nitrogen and oxygen atoms in total. The van der Waals surface area contributed by atoms with Gasteiger partial charge in [0.1, 0.15) is 12.4 Å². The number of anilines is 1. The van der Waals surface area contributed by atoms with Crippen LogP contribution in [0.1, 0.15) is 5.56 Å². The SMILES string of the molecule is O=C(CN(c1ccc(F)cc1)S(=O)(=O)c1ccccc1)NCCSCc1ccc(Cl)c(Cl)c1. The normalized spacial score (nSPS) is 11.2. The molecule has 0 unspecified atom stereocenters. The van der Waals surface area contributed by atoms with E-state index in [1.807, 2.05) is 6.07 Å². The van der Waals surface area contributed by atoms with Crippen LogP contribution in [0.25, 0.3) is 0 Å². The van der Waals surface area contributed by atoms with Crippen molar-refractivity contribution in [3.63, 3.8) is 0 Å². The lowest BCUT2D eigenvalue weighted by Crippen LogP contribution is -2.41. The zero-order valence-electron chi connectivity index (χ0n) is 17.4. The van der Waals surface area contributed by atoms with Crippen LogP contribution in [0.2, 0.25) is 10.0 Å². The molecule has 0 saturated carbocycles. The number of halogens is 3. The summed E-state index contributed by atoms with van der Waals surface area (Å²) in [4.78, 5) is 12.6. The van der Waals surface area contributed by atoms with Crippen molar-refractivity contribution >= 4 is 56.6 Å². The third kappa shape index (κ3) is 7.11. The molecule has 0 bridgehead atoms. The molecular formula is C23H21Cl2FN2O3S2. The van der Waals surface area contributed by atoms with Gasteiger partial charge in [-0.1, -0.05) is 47.5 Å². The molecule has 0 aromatic heterocycles. The first-order valence-electron chi connectivity index (χ1n) is 9.89. The fraction of sp³-hybridized carbons (Fsp3) is 0.174. The maximum atomic E-state index is 13.4. The molecule has 0 heterocycles. The molecule has 0 atom stereocenters. The van der Waals surface area contributed by atoms with Gasteiger partial charge in [-0.3, -0.25) is 9.10 Å². The number of nitrogens with one attached hydrogen (secondary N) is 1. The number of carbonyl (C=O) groups is 1. The van der Waals surface area contributed by atoms with Gasteiger partial charge in [0.05, 0.1) is 20.6 Å². The van der Waals surface area contributed by atoms with Crippen molar-refractivity contribution < 1.29 is 17.6 Å². The molecule has 0 saturated heterocycles. The number of thioether (sulfide) groups is 1. The number of hydrogen-bond donors (Lipinski definition) is 1. The Balaban J connectivity index is 1.60. The van der Waals surface area contributed by atoms with Gasteiger partial charge in [0.15, 0.2) is 0 Å². The van der Waals surface area contributed by atoms with Crippen LogP contribution in [0, 0.1) is 5.82 Å². The quantitative estimate of drug-likeness (QED) is 0.360. The van der Waals surface area contributed by atoms with Crippen molar-refractivity contribution in [2.75, 3.05) is 23.1 Å². The van der Waals surface area contributed by atoms with Crippen molar-refractivity contribution in [3.8, 4) is 0 Å². The lowest BCUT2D eigenvalue weighted by Gasteiger charge is -2.24. The third-order valence-corrected chi connectivity index (χ3v) is 8.11. The van der Waals surface area contributed by atoms with Gasteiger partial charge in [-0.15, -0.1) is 0 Å². The summed E-state index contributed by atoms with van der Waals surface area (Å²) in [6, 6.07) is 18.2. The number of sulfonamides is 1. The first kappa shape index (κ1) is 25.4. The second kappa shape index (κ2) is 11.7. The third-order valence-electron chi connectivity index (χ3n) is 4.55. The van der Waals surface area contributed by atoms with Gasteiger partial charge in [-0.2, -0.15) is 11.8 Å². The average molecular weight is 527 g/mol. The van der Waals surface area contributed by atoms with Gasteiger partial charge in [0, 0.05) is 18.1 Å². The molecule has 10 heteroatoms. The molecular weight excluding hydrogens is 506 g/mol. The molecule has 174 valence electrons. The van der Waals surface area contributed by atoms with Crippen LogP contribution in [0.3, 0.4) is 0 Å². The highest BCUT2D eigenvalue weighted by atomic mass is 35.5. The van der Waals surface area contributed by atoms with Gasteiger partial charge < -0.3 is 5.32 Å². The molecule has 0 fully saturated rings. The monoisotopic (exact) mass is 526 g/mol. The zero-order chi connectivity index (χ0) is 23.8. The molecule has 1 N–H and O–H groups in total. The number of rotatable bonds is 10. The topological polar surface area (TPSA) is 66.5 Å². The Labute approximate surface area is 206 Å². The second-order valence-corrected chi connectivity index (χ2v) is 10.7. The fourth-order valence-corrected chi connectivity index (χ4v) is 5.48. The van der Waals surface area contributed by atoms with Gasteiger partial charge >= 0.3 is 0 Å². The summed E-state index contributed by atoms with van der Waals surface area (Å²) in [6.45, 7) is -0.0756. The van der Waals surface area contributed by atoms with E-state index in [1.165, 1.54) is 24.3 Å². The molecule has 0 aliphatic heterocycles. The Hall–Kier alpha value is -2.26. The number of benzene rings is 3. The minimum atomic E-state index is -4.02. The van der Waals surface area contributed by atoms with Crippen molar-refractivity contribution in [3.05, 3.63) is 94.2 Å². The molecule has 1 amide bonds. The fourth-order valence-electron chi connectivity index (χ4n) is 2.91. The molecule has 0 spiro atoms. The first-order valence-corrected chi connectivity index (χ1v) is 13.2. The molecule has 3 aromatic rings. The highest BCUT2D eigenvalue weighted by molar-refractivity contribution is 7.98. The number of carbonyl (C=O) groups excluding carboxylic acids is 1. The van der Waals surface area contributed by atoms with Crippen molar-refractivity contribution in [1.82, 2.24) is 5.32 Å². The van der Waals surface area contributed by atoms with E-state index in [0.29, 0.717) is 28.1 Å². The second-order valence-electron chi connectivity index (χ2n) is 6.95. The van der Waals surface area contributed by atoms with Crippen LogP contribution >= 0.6 is 35.0 Å². The summed E-state index contributed by atoms with van der Waals surface area (Å²) < 4.78 is 40.7. The lowest BCUT2D eigenvalue weighted by atomic mass is 10.2. The Kier molecular flexibility index (Phi) is 9.02. The maximum absolute atomic E-state index is 13.4. The molecule has 3 rings (SSSR count). The maximum Gasteiger partial charge on any atom is 0.264 e. The Bertz CT molecular complexity index is 1190. The predicted molar refractivity (Wildman–Crippen MR) is 133 cm³/mol. The van der Waals surface area contributed by atoms with Crippen LogP contribution in [-0.4, -0.2) is 33.2 Å². The molecule has 33 heavy (non-hydrogen) atoms. The van der Waals surface area contributed by atoms with E-state index in [4.69, 9.17) is 23.2 Å². The summed E-state index contributed by atoms with van der Waals surface area (Å²) in [5, 5.41) is 3.72. The minimum absolute atomic E-state index is 0.0410. The van der Waals surface area contributed by atoms with Gasteiger partial charge in [-0.05, 0) is 54.1 Å². The highest BCUT2D eigenvalue weighted by Gasteiger charge is 2.27. The molecule has 3 aromatic carbocycles. The Morgan fingerprint density at radius 1 is 0.970 bits per heavy atom. The van der Waals surface area contributed by atoms with Crippen molar-refractivity contribution in [2.45, 2.75) is 10.6 Å². The van der Waals surface area contributed by atoms with E-state index < -0.39 is 28.3 Å². The largest absolute Gasteiger partial charge is 0.354 e. The van der Waals surface area contributed by atoms with Crippen LogP contribution in [0.4, 0.5) is 10.1 Å². The van der Waals surface area contributed by atoms with Crippen LogP contribution in [-0.2, 0) is 20.6 Å². The molecule has 0 radical (unpaired) electrons. The van der Waals surface area contributed by atoms with Crippen molar-refractivity contribution in [1.29, 1.82) is 0 Å². The first-order chi connectivity index (χ1) is 15.8. The van der Waals surface area contributed by atoms with E-state index in [0.717, 1.165) is 22.0 Å². The van der Waals surface area contributed by atoms with Gasteiger partial charge in [0.25, 0.3) is 10.0 Å². The van der Waals surface area contributed by atoms with E-state index in [1.54, 1.807) is 42.1 Å².